The summed E-state index contributed by atoms with van der Waals surface area (Å²) in [5.41, 5.74) is 0. The molecule has 0 aliphatic carbocycles. The molecule has 1 unspecified atom stereocenters. The molecule has 0 spiro atoms. The average Bonchev–Trinajstić information content (AvgIpc) is 2.61. The summed E-state index contributed by atoms with van der Waals surface area (Å²) in [6.45, 7) is 6.18. The van der Waals surface area contributed by atoms with Gasteiger partial charge in [0.2, 0.25) is 5.91 Å². The topological polar surface area (TPSA) is 59.6 Å². The summed E-state index contributed by atoms with van der Waals surface area (Å²) in [7, 11) is 0. The minimum absolute atomic E-state index is 0. The number of carbonyl (C=O) groups is 1. The van der Waals surface area contributed by atoms with Crippen LogP contribution in [-0.4, -0.2) is 38.8 Å². The van der Waals surface area contributed by atoms with Crippen molar-refractivity contribution in [2.75, 3.05) is 32.8 Å². The molecule has 0 saturated carbocycles. The van der Waals surface area contributed by atoms with Gasteiger partial charge in [-0.05, 0) is 75.9 Å². The number of piperidine rings is 1. The smallest absolute Gasteiger partial charge is 0.220 e. The van der Waals surface area contributed by atoms with Crippen LogP contribution in [0.3, 0.4) is 0 Å². The van der Waals surface area contributed by atoms with Crippen molar-refractivity contribution < 1.29 is 14.3 Å². The van der Waals surface area contributed by atoms with Gasteiger partial charge in [-0.1, -0.05) is 0 Å². The van der Waals surface area contributed by atoms with E-state index in [0.717, 1.165) is 44.0 Å². The van der Waals surface area contributed by atoms with Crippen LogP contribution in [-0.2, 0) is 4.79 Å². The molecule has 1 amide bonds. The van der Waals surface area contributed by atoms with Gasteiger partial charge < -0.3 is 20.1 Å². The third-order valence-electron chi connectivity index (χ3n) is 4.23. The average molecular weight is 371 g/mol. The maximum atomic E-state index is 11.8. The van der Waals surface area contributed by atoms with Crippen LogP contribution in [0.25, 0.3) is 0 Å². The lowest BCUT2D eigenvalue weighted by Gasteiger charge is -2.22. The molecule has 2 rings (SSSR count). The van der Waals surface area contributed by atoms with Crippen LogP contribution in [0.5, 0.6) is 11.5 Å². The highest BCUT2D eigenvalue weighted by molar-refractivity contribution is 5.85. The lowest BCUT2D eigenvalue weighted by Crippen LogP contribution is -2.33. The van der Waals surface area contributed by atoms with E-state index < -0.39 is 0 Å². The summed E-state index contributed by atoms with van der Waals surface area (Å²) in [6, 6.07) is 7.57. The maximum absolute atomic E-state index is 11.8. The fourth-order valence-electron chi connectivity index (χ4n) is 2.90. The largest absolute Gasteiger partial charge is 0.494 e. The first-order valence-corrected chi connectivity index (χ1v) is 9.11. The quantitative estimate of drug-likeness (QED) is 0.621. The van der Waals surface area contributed by atoms with Crippen LogP contribution in [0.15, 0.2) is 24.3 Å². The monoisotopic (exact) mass is 370 g/mol. The van der Waals surface area contributed by atoms with Gasteiger partial charge in [0.15, 0.2) is 0 Å². The Balaban J connectivity index is 0.00000312. The van der Waals surface area contributed by atoms with Gasteiger partial charge in [0.25, 0.3) is 0 Å². The molecule has 0 aromatic heterocycles. The third kappa shape index (κ3) is 8.98. The molecule has 1 aliphatic rings. The van der Waals surface area contributed by atoms with E-state index in [1.54, 1.807) is 0 Å². The van der Waals surface area contributed by atoms with Crippen molar-refractivity contribution in [3.05, 3.63) is 24.3 Å². The van der Waals surface area contributed by atoms with E-state index in [4.69, 9.17) is 9.47 Å². The summed E-state index contributed by atoms with van der Waals surface area (Å²) in [4.78, 5) is 11.8. The Hall–Kier alpha value is -1.46. The SMILES string of the molecule is CCOc1ccc(OCCCC(=O)NCCC2CCCNC2)cc1.Cl. The van der Waals surface area contributed by atoms with Crippen LogP contribution in [0.4, 0.5) is 0 Å². The first-order chi connectivity index (χ1) is 11.8. The van der Waals surface area contributed by atoms with Crippen molar-refractivity contribution in [1.29, 1.82) is 0 Å². The van der Waals surface area contributed by atoms with Crippen molar-refractivity contribution in [2.45, 2.75) is 39.0 Å². The highest BCUT2D eigenvalue weighted by Gasteiger charge is 2.12. The first kappa shape index (κ1) is 21.6. The summed E-state index contributed by atoms with van der Waals surface area (Å²) in [5.74, 6) is 2.48. The zero-order valence-electron chi connectivity index (χ0n) is 15.1. The number of nitrogens with one attached hydrogen (secondary N) is 2. The molecule has 1 saturated heterocycles. The van der Waals surface area contributed by atoms with Crippen LogP contribution in [0, 0.1) is 5.92 Å². The molecule has 0 bridgehead atoms. The number of ether oxygens (including phenoxy) is 2. The molecule has 1 aromatic carbocycles. The minimum atomic E-state index is 0. The van der Waals surface area contributed by atoms with Crippen molar-refractivity contribution in [2.24, 2.45) is 5.92 Å². The number of halogens is 1. The standard InChI is InChI=1S/C19H30N2O3.ClH/c1-2-23-17-7-9-18(10-8-17)24-14-4-6-19(22)21-13-11-16-5-3-12-20-15-16;/h7-10,16,20H,2-6,11-15H2,1H3,(H,21,22);1H. The van der Waals surface area contributed by atoms with Gasteiger partial charge >= 0.3 is 0 Å². The second kappa shape index (κ2) is 12.8. The predicted molar refractivity (Wildman–Crippen MR) is 103 cm³/mol. The highest BCUT2D eigenvalue weighted by Crippen LogP contribution is 2.17. The zero-order valence-corrected chi connectivity index (χ0v) is 15.9. The molecule has 25 heavy (non-hydrogen) atoms. The van der Waals surface area contributed by atoms with Crippen molar-refractivity contribution >= 4 is 18.3 Å². The molecule has 1 heterocycles. The number of hydrogen-bond donors (Lipinski definition) is 2. The summed E-state index contributed by atoms with van der Waals surface area (Å²) < 4.78 is 11.0. The molecule has 0 radical (unpaired) electrons. The Kier molecular flexibility index (Phi) is 11.1. The molecule has 1 aliphatic heterocycles. The number of amides is 1. The zero-order chi connectivity index (χ0) is 17.0. The summed E-state index contributed by atoms with van der Waals surface area (Å²) in [5, 5.41) is 6.42. The molecule has 142 valence electrons. The van der Waals surface area contributed by atoms with Gasteiger partial charge in [0.1, 0.15) is 11.5 Å². The Morgan fingerprint density at radius 1 is 1.24 bits per heavy atom. The van der Waals surface area contributed by atoms with Crippen molar-refractivity contribution in [3.63, 3.8) is 0 Å². The molecule has 6 heteroatoms. The fourth-order valence-corrected chi connectivity index (χ4v) is 2.90. The molecule has 1 fully saturated rings. The predicted octanol–water partition coefficient (Wildman–Crippen LogP) is 3.17. The molecule has 1 aromatic rings. The van der Waals surface area contributed by atoms with Crippen molar-refractivity contribution in [3.8, 4) is 11.5 Å². The van der Waals surface area contributed by atoms with E-state index in [1.165, 1.54) is 12.8 Å². The molecule has 2 N–H and O–H groups in total. The van der Waals surface area contributed by atoms with Crippen LogP contribution >= 0.6 is 12.4 Å². The fraction of sp³-hybridized carbons (Fsp3) is 0.632. The highest BCUT2D eigenvalue weighted by atomic mass is 35.5. The van der Waals surface area contributed by atoms with Crippen molar-refractivity contribution in [1.82, 2.24) is 10.6 Å². The Labute approximate surface area is 157 Å². The third-order valence-corrected chi connectivity index (χ3v) is 4.23. The van der Waals surface area contributed by atoms with Crippen LogP contribution in [0.2, 0.25) is 0 Å². The van der Waals surface area contributed by atoms with Gasteiger partial charge in [-0.15, -0.1) is 12.4 Å². The second-order valence-electron chi connectivity index (χ2n) is 6.21. The van der Waals surface area contributed by atoms with Crippen LogP contribution < -0.4 is 20.1 Å². The number of carbonyl (C=O) groups excluding carboxylic acids is 1. The summed E-state index contributed by atoms with van der Waals surface area (Å²) >= 11 is 0. The van der Waals surface area contributed by atoms with Gasteiger partial charge in [-0.2, -0.15) is 0 Å². The number of rotatable bonds is 10. The Morgan fingerprint density at radius 2 is 1.96 bits per heavy atom. The molecule has 1 atom stereocenters. The van der Waals surface area contributed by atoms with Gasteiger partial charge in [-0.25, -0.2) is 0 Å². The van der Waals surface area contributed by atoms with Gasteiger partial charge in [0, 0.05) is 13.0 Å². The maximum Gasteiger partial charge on any atom is 0.220 e. The number of hydrogen-bond acceptors (Lipinski definition) is 4. The van der Waals surface area contributed by atoms with Gasteiger partial charge in [0.05, 0.1) is 13.2 Å². The molecule has 5 nitrogen and oxygen atoms in total. The number of benzene rings is 1. The van der Waals surface area contributed by atoms with E-state index in [0.29, 0.717) is 25.6 Å². The van der Waals surface area contributed by atoms with E-state index in [1.807, 2.05) is 31.2 Å². The van der Waals surface area contributed by atoms with E-state index in [-0.39, 0.29) is 18.3 Å². The van der Waals surface area contributed by atoms with Gasteiger partial charge in [-0.3, -0.25) is 4.79 Å². The van der Waals surface area contributed by atoms with E-state index in [2.05, 4.69) is 10.6 Å². The summed E-state index contributed by atoms with van der Waals surface area (Å²) in [6.07, 6.45) is 4.84. The van der Waals surface area contributed by atoms with Crippen LogP contribution in [0.1, 0.15) is 39.0 Å². The lowest BCUT2D eigenvalue weighted by molar-refractivity contribution is -0.121. The van der Waals surface area contributed by atoms with E-state index >= 15 is 0 Å². The van der Waals surface area contributed by atoms with E-state index in [9.17, 15) is 4.79 Å². The Bertz CT molecular complexity index is 476. The lowest BCUT2D eigenvalue weighted by atomic mass is 9.96. The first-order valence-electron chi connectivity index (χ1n) is 9.11. The normalized spacial score (nSPS) is 16.6. The molecular formula is C19H31ClN2O3. The Morgan fingerprint density at radius 3 is 2.60 bits per heavy atom. The minimum Gasteiger partial charge on any atom is -0.494 e. The second-order valence-corrected chi connectivity index (χ2v) is 6.21. The molecular weight excluding hydrogens is 340 g/mol.